The van der Waals surface area contributed by atoms with Gasteiger partial charge in [0.1, 0.15) is 11.5 Å². The normalized spacial score (nSPS) is 10.6. The molecule has 5 heteroatoms. The Labute approximate surface area is 218 Å². The van der Waals surface area contributed by atoms with Gasteiger partial charge in [-0.05, 0) is 78.9 Å². The van der Waals surface area contributed by atoms with E-state index in [1.54, 1.807) is 24.3 Å². The minimum atomic E-state index is -0.383. The average Bonchev–Trinajstić information content (AvgIpc) is 2.93. The Morgan fingerprint density at radius 3 is 1.95 bits per heavy atom. The third kappa shape index (κ3) is 6.64. The molecule has 1 amide bonds. The topological polar surface area (TPSA) is 55.8 Å². The van der Waals surface area contributed by atoms with Gasteiger partial charge < -0.3 is 14.4 Å². The maximum Gasteiger partial charge on any atom is 0.337 e. The van der Waals surface area contributed by atoms with Crippen LogP contribution in [0.25, 0.3) is 0 Å². The summed E-state index contributed by atoms with van der Waals surface area (Å²) < 4.78 is 10.9. The molecule has 0 N–H and O–H groups in total. The van der Waals surface area contributed by atoms with Crippen molar-refractivity contribution in [3.8, 4) is 11.5 Å². The van der Waals surface area contributed by atoms with Gasteiger partial charge in [0.25, 0.3) is 5.91 Å². The molecule has 0 heterocycles. The van der Waals surface area contributed by atoms with E-state index in [0.717, 1.165) is 28.9 Å². The summed E-state index contributed by atoms with van der Waals surface area (Å²) >= 11 is 0. The molecule has 0 aliphatic heterocycles. The smallest absolute Gasteiger partial charge is 0.337 e. The first-order valence-corrected chi connectivity index (χ1v) is 12.3. The molecule has 0 aromatic heterocycles. The largest absolute Gasteiger partial charge is 0.465 e. The van der Waals surface area contributed by atoms with Crippen LogP contribution in [0.5, 0.6) is 11.5 Å². The fourth-order valence-corrected chi connectivity index (χ4v) is 4.17. The summed E-state index contributed by atoms with van der Waals surface area (Å²) in [5, 5.41) is 0. The molecule has 4 aromatic carbocycles. The Hall–Kier alpha value is -4.38. The number of esters is 1. The number of para-hydroxylation sites is 1. The van der Waals surface area contributed by atoms with Crippen molar-refractivity contribution in [2.24, 2.45) is 0 Å². The number of carbonyl (C=O) groups excluding carboxylic acids is 2. The summed E-state index contributed by atoms with van der Waals surface area (Å²) in [5.74, 6) is 1.07. The Morgan fingerprint density at radius 2 is 1.32 bits per heavy atom. The van der Waals surface area contributed by atoms with Crippen LogP contribution in [0.4, 0.5) is 0 Å². The van der Waals surface area contributed by atoms with Crippen molar-refractivity contribution >= 4 is 11.9 Å². The van der Waals surface area contributed by atoms with Gasteiger partial charge in [0, 0.05) is 18.7 Å². The predicted molar refractivity (Wildman–Crippen MR) is 145 cm³/mol. The SMILES string of the molecule is COC(=O)c1ccc(CN(CCc2ccccc2)C(=O)c2ccc(Oc3c(C)cccc3C)cc2)cc1. The molecular formula is C32H31NO4. The van der Waals surface area contributed by atoms with Gasteiger partial charge in [0.2, 0.25) is 0 Å². The van der Waals surface area contributed by atoms with Gasteiger partial charge in [0.15, 0.2) is 0 Å². The van der Waals surface area contributed by atoms with Crippen LogP contribution in [0.2, 0.25) is 0 Å². The fourth-order valence-electron chi connectivity index (χ4n) is 4.17. The summed E-state index contributed by atoms with van der Waals surface area (Å²) in [6.07, 6.45) is 0.737. The lowest BCUT2D eigenvalue weighted by molar-refractivity contribution is 0.0600. The number of ether oxygens (including phenoxy) is 2. The minimum Gasteiger partial charge on any atom is -0.465 e. The Kier molecular flexibility index (Phi) is 8.37. The summed E-state index contributed by atoms with van der Waals surface area (Å²) in [5.41, 5.74) is 5.29. The molecule has 0 spiro atoms. The summed E-state index contributed by atoms with van der Waals surface area (Å²) in [7, 11) is 1.36. The molecule has 0 saturated heterocycles. The van der Waals surface area contributed by atoms with E-state index in [1.807, 2.05) is 79.4 Å². The number of rotatable bonds is 9. The molecule has 188 valence electrons. The van der Waals surface area contributed by atoms with Gasteiger partial charge in [-0.3, -0.25) is 4.79 Å². The lowest BCUT2D eigenvalue weighted by Gasteiger charge is -2.23. The van der Waals surface area contributed by atoms with Crippen molar-refractivity contribution in [3.05, 3.63) is 130 Å². The quantitative estimate of drug-likeness (QED) is 0.242. The average molecular weight is 494 g/mol. The van der Waals surface area contributed by atoms with Crippen LogP contribution in [0.15, 0.2) is 97.1 Å². The maximum atomic E-state index is 13.6. The standard InChI is InChI=1S/C32H31NO4/c1-23-8-7-9-24(2)30(23)37-29-18-16-27(17-19-29)31(34)33(21-20-25-10-5-4-6-11-25)22-26-12-14-28(15-13-26)32(35)36-3/h4-19H,20-22H2,1-3H3. The number of hydrogen-bond acceptors (Lipinski definition) is 4. The van der Waals surface area contributed by atoms with E-state index in [1.165, 1.54) is 12.7 Å². The first-order chi connectivity index (χ1) is 17.9. The number of carbonyl (C=O) groups is 2. The van der Waals surface area contributed by atoms with Crippen LogP contribution in [-0.2, 0) is 17.7 Å². The van der Waals surface area contributed by atoms with Crippen molar-refractivity contribution in [1.29, 1.82) is 0 Å². The summed E-state index contributed by atoms with van der Waals surface area (Å²) in [4.78, 5) is 27.2. The van der Waals surface area contributed by atoms with Gasteiger partial charge in [-0.1, -0.05) is 60.7 Å². The number of nitrogens with zero attached hydrogens (tertiary/aromatic N) is 1. The van der Waals surface area contributed by atoms with E-state index in [9.17, 15) is 9.59 Å². The van der Waals surface area contributed by atoms with Crippen LogP contribution in [-0.4, -0.2) is 30.4 Å². The Bertz CT molecular complexity index is 1330. The zero-order valence-corrected chi connectivity index (χ0v) is 21.4. The maximum absolute atomic E-state index is 13.6. The first-order valence-electron chi connectivity index (χ1n) is 12.3. The van der Waals surface area contributed by atoms with E-state index in [4.69, 9.17) is 9.47 Å². The van der Waals surface area contributed by atoms with Gasteiger partial charge in [-0.15, -0.1) is 0 Å². The second-order valence-electron chi connectivity index (χ2n) is 9.00. The first kappa shape index (κ1) is 25.7. The van der Waals surface area contributed by atoms with Crippen LogP contribution >= 0.6 is 0 Å². The third-order valence-electron chi connectivity index (χ3n) is 6.28. The summed E-state index contributed by atoms with van der Waals surface area (Å²) in [6.45, 7) is 5.02. The zero-order valence-electron chi connectivity index (χ0n) is 21.4. The van der Waals surface area contributed by atoms with Crippen molar-refractivity contribution < 1.29 is 19.1 Å². The molecule has 0 aliphatic rings. The highest BCUT2D eigenvalue weighted by Gasteiger charge is 2.17. The highest BCUT2D eigenvalue weighted by Crippen LogP contribution is 2.28. The molecule has 37 heavy (non-hydrogen) atoms. The molecule has 4 aromatic rings. The highest BCUT2D eigenvalue weighted by atomic mass is 16.5. The molecule has 4 rings (SSSR count). The van der Waals surface area contributed by atoms with Gasteiger partial charge >= 0.3 is 5.97 Å². The lowest BCUT2D eigenvalue weighted by atomic mass is 10.1. The van der Waals surface area contributed by atoms with Crippen molar-refractivity contribution in [1.82, 2.24) is 4.90 Å². The van der Waals surface area contributed by atoms with Crippen LogP contribution < -0.4 is 4.74 Å². The molecule has 0 unspecified atom stereocenters. The number of methoxy groups -OCH3 is 1. The molecule has 0 saturated carbocycles. The van der Waals surface area contributed by atoms with Crippen molar-refractivity contribution in [2.75, 3.05) is 13.7 Å². The Morgan fingerprint density at radius 1 is 0.703 bits per heavy atom. The second kappa shape index (κ2) is 12.0. The lowest BCUT2D eigenvalue weighted by Crippen LogP contribution is -2.32. The Balaban J connectivity index is 1.52. The van der Waals surface area contributed by atoms with E-state index in [2.05, 4.69) is 12.1 Å². The van der Waals surface area contributed by atoms with E-state index in [0.29, 0.717) is 30.0 Å². The number of amides is 1. The monoisotopic (exact) mass is 493 g/mol. The van der Waals surface area contributed by atoms with E-state index in [-0.39, 0.29) is 11.9 Å². The van der Waals surface area contributed by atoms with Gasteiger partial charge in [-0.25, -0.2) is 4.79 Å². The molecule has 0 radical (unpaired) electrons. The van der Waals surface area contributed by atoms with Gasteiger partial charge in [-0.2, -0.15) is 0 Å². The van der Waals surface area contributed by atoms with Crippen molar-refractivity contribution in [2.45, 2.75) is 26.8 Å². The molecule has 5 nitrogen and oxygen atoms in total. The van der Waals surface area contributed by atoms with Crippen LogP contribution in [0, 0.1) is 13.8 Å². The molecule has 0 bridgehead atoms. The predicted octanol–water partition coefficient (Wildman–Crippen LogP) is 6.77. The third-order valence-corrected chi connectivity index (χ3v) is 6.28. The number of benzene rings is 4. The highest BCUT2D eigenvalue weighted by molar-refractivity contribution is 5.94. The van der Waals surface area contributed by atoms with Crippen LogP contribution in [0.1, 0.15) is 43.0 Å². The van der Waals surface area contributed by atoms with Crippen LogP contribution in [0.3, 0.4) is 0 Å². The molecule has 0 fully saturated rings. The summed E-state index contributed by atoms with van der Waals surface area (Å²) in [6, 6.07) is 30.6. The van der Waals surface area contributed by atoms with E-state index >= 15 is 0 Å². The fraction of sp³-hybridized carbons (Fsp3) is 0.188. The molecule has 0 aliphatic carbocycles. The van der Waals surface area contributed by atoms with Crippen molar-refractivity contribution in [3.63, 3.8) is 0 Å². The number of aryl methyl sites for hydroxylation is 2. The van der Waals surface area contributed by atoms with Gasteiger partial charge in [0.05, 0.1) is 12.7 Å². The molecular weight excluding hydrogens is 462 g/mol. The zero-order chi connectivity index (χ0) is 26.2. The second-order valence-corrected chi connectivity index (χ2v) is 9.00. The molecule has 0 atom stereocenters. The minimum absolute atomic E-state index is 0.0633. The number of hydrogen-bond donors (Lipinski definition) is 0. The van der Waals surface area contributed by atoms with E-state index < -0.39 is 0 Å².